The Morgan fingerprint density at radius 1 is 0.786 bits per heavy atom. The molecule has 9 heteroatoms. The third-order valence-electron chi connectivity index (χ3n) is 6.59. The average Bonchev–Trinajstić information content (AvgIpc) is 3.27. The van der Waals surface area contributed by atoms with Gasteiger partial charge in [0.2, 0.25) is 5.83 Å². The highest BCUT2D eigenvalue weighted by molar-refractivity contribution is 5.93. The number of unbranched alkanes of at least 4 members (excludes halogenated alkanes) is 1. The number of esters is 3. The van der Waals surface area contributed by atoms with Gasteiger partial charge in [-0.05, 0) is 83.6 Å². The summed E-state index contributed by atoms with van der Waals surface area (Å²) in [5.41, 5.74) is 4.53. The lowest BCUT2D eigenvalue weighted by Gasteiger charge is -2.11. The third kappa shape index (κ3) is 7.63. The van der Waals surface area contributed by atoms with Gasteiger partial charge in [0.05, 0.1) is 18.8 Å². The van der Waals surface area contributed by atoms with Crippen LogP contribution < -0.4 is 14.2 Å². The van der Waals surface area contributed by atoms with Crippen molar-refractivity contribution in [3.63, 3.8) is 0 Å². The van der Waals surface area contributed by atoms with Crippen LogP contribution in [0.15, 0.2) is 85.7 Å². The van der Waals surface area contributed by atoms with E-state index in [2.05, 4.69) is 13.2 Å². The molecule has 1 aliphatic rings. The first kappa shape index (κ1) is 30.0. The van der Waals surface area contributed by atoms with Gasteiger partial charge in [-0.2, -0.15) is 4.39 Å². The standard InChI is InChI=1S/C33H31FO8/c1-4-31(35)40-16-6-5-15-38-24-8-10-25(11-9-24)42-33(37)23-7-13-27-28-14-12-26(20-30(28)21(2)29(27)19-23)39-17-18-41-32(36)22(3)34/h4,7-14,19-21H,1,3,5-6,15-18H2,2H3. The quantitative estimate of drug-likeness (QED) is 0.0954. The Balaban J connectivity index is 1.29. The summed E-state index contributed by atoms with van der Waals surface area (Å²) in [4.78, 5) is 35.1. The summed E-state index contributed by atoms with van der Waals surface area (Å²) in [6.07, 6.45) is 2.52. The SMILES string of the molecule is C=CC(=O)OCCCCOc1ccc(OC(=O)c2ccc3c(c2)C(C)c2cc(OCCOC(=O)C(=C)F)ccc2-3)cc1. The molecule has 42 heavy (non-hydrogen) atoms. The molecule has 0 radical (unpaired) electrons. The van der Waals surface area contributed by atoms with Crippen molar-refractivity contribution in [1.29, 1.82) is 0 Å². The van der Waals surface area contributed by atoms with E-state index in [1.54, 1.807) is 30.3 Å². The van der Waals surface area contributed by atoms with Gasteiger partial charge in [-0.1, -0.05) is 32.2 Å². The van der Waals surface area contributed by atoms with E-state index in [4.69, 9.17) is 23.7 Å². The number of halogens is 1. The van der Waals surface area contributed by atoms with E-state index >= 15 is 0 Å². The molecule has 3 aromatic carbocycles. The highest BCUT2D eigenvalue weighted by atomic mass is 19.1. The van der Waals surface area contributed by atoms with Crippen molar-refractivity contribution in [3.05, 3.63) is 102 Å². The van der Waals surface area contributed by atoms with E-state index in [9.17, 15) is 18.8 Å². The summed E-state index contributed by atoms with van der Waals surface area (Å²) in [6.45, 7) is 9.02. The number of rotatable bonds is 14. The van der Waals surface area contributed by atoms with E-state index in [0.29, 0.717) is 48.9 Å². The summed E-state index contributed by atoms with van der Waals surface area (Å²) in [5.74, 6) is -1.55. The molecule has 1 unspecified atom stereocenters. The van der Waals surface area contributed by atoms with Crippen molar-refractivity contribution in [2.75, 3.05) is 26.4 Å². The molecule has 0 amide bonds. The van der Waals surface area contributed by atoms with Crippen molar-refractivity contribution in [1.82, 2.24) is 0 Å². The maximum Gasteiger partial charge on any atom is 0.366 e. The molecule has 0 saturated carbocycles. The van der Waals surface area contributed by atoms with Gasteiger partial charge in [0.1, 0.15) is 30.5 Å². The van der Waals surface area contributed by atoms with Crippen LogP contribution in [0, 0.1) is 0 Å². The largest absolute Gasteiger partial charge is 0.494 e. The molecule has 4 rings (SSSR count). The summed E-state index contributed by atoms with van der Waals surface area (Å²) >= 11 is 0. The van der Waals surface area contributed by atoms with Gasteiger partial charge >= 0.3 is 17.9 Å². The molecular formula is C33H31FO8. The van der Waals surface area contributed by atoms with Crippen LogP contribution in [0.25, 0.3) is 11.1 Å². The van der Waals surface area contributed by atoms with Crippen LogP contribution in [-0.2, 0) is 19.1 Å². The van der Waals surface area contributed by atoms with Gasteiger partial charge in [0.25, 0.3) is 0 Å². The molecule has 0 spiro atoms. The highest BCUT2D eigenvalue weighted by Crippen LogP contribution is 2.46. The van der Waals surface area contributed by atoms with E-state index < -0.39 is 23.7 Å². The molecule has 8 nitrogen and oxygen atoms in total. The molecule has 0 aliphatic heterocycles. The average molecular weight is 575 g/mol. The van der Waals surface area contributed by atoms with E-state index in [1.165, 1.54) is 0 Å². The van der Waals surface area contributed by atoms with Crippen molar-refractivity contribution in [2.24, 2.45) is 0 Å². The van der Waals surface area contributed by atoms with Gasteiger partial charge in [0, 0.05) is 12.0 Å². The minimum Gasteiger partial charge on any atom is -0.494 e. The third-order valence-corrected chi connectivity index (χ3v) is 6.59. The van der Waals surface area contributed by atoms with Gasteiger partial charge in [-0.15, -0.1) is 0 Å². The Hall–Kier alpha value is -4.92. The topological polar surface area (TPSA) is 97.4 Å². The molecule has 218 valence electrons. The maximum absolute atomic E-state index is 12.9. The van der Waals surface area contributed by atoms with Crippen molar-refractivity contribution in [2.45, 2.75) is 25.7 Å². The summed E-state index contributed by atoms with van der Waals surface area (Å²) < 4.78 is 39.3. The van der Waals surface area contributed by atoms with Gasteiger partial charge in [-0.3, -0.25) is 0 Å². The fourth-order valence-electron chi connectivity index (χ4n) is 4.46. The van der Waals surface area contributed by atoms with Crippen molar-refractivity contribution in [3.8, 4) is 28.4 Å². The normalized spacial score (nSPS) is 12.9. The number of hydrogen-bond donors (Lipinski definition) is 0. The fourth-order valence-corrected chi connectivity index (χ4v) is 4.46. The fraction of sp³-hybridized carbons (Fsp3) is 0.242. The van der Waals surface area contributed by atoms with Gasteiger partial charge < -0.3 is 23.7 Å². The summed E-state index contributed by atoms with van der Waals surface area (Å²) in [7, 11) is 0. The lowest BCUT2D eigenvalue weighted by molar-refractivity contribution is -0.141. The smallest absolute Gasteiger partial charge is 0.366 e. The zero-order chi connectivity index (χ0) is 30.1. The highest BCUT2D eigenvalue weighted by Gasteiger charge is 2.27. The molecule has 0 bridgehead atoms. The minimum absolute atomic E-state index is 0.00413. The van der Waals surface area contributed by atoms with Crippen LogP contribution in [-0.4, -0.2) is 44.3 Å². The number of ether oxygens (including phenoxy) is 5. The zero-order valence-corrected chi connectivity index (χ0v) is 23.2. The second kappa shape index (κ2) is 14.1. The zero-order valence-electron chi connectivity index (χ0n) is 23.2. The Morgan fingerprint density at radius 2 is 1.40 bits per heavy atom. The van der Waals surface area contributed by atoms with Crippen LogP contribution >= 0.6 is 0 Å². The first-order valence-corrected chi connectivity index (χ1v) is 13.4. The first-order chi connectivity index (χ1) is 20.3. The number of carbonyl (C=O) groups is 3. The molecule has 0 heterocycles. The van der Waals surface area contributed by atoms with E-state index in [0.717, 1.165) is 28.3 Å². The van der Waals surface area contributed by atoms with Crippen LogP contribution in [0.3, 0.4) is 0 Å². The molecule has 0 fully saturated rings. The summed E-state index contributed by atoms with van der Waals surface area (Å²) in [5, 5.41) is 0. The van der Waals surface area contributed by atoms with Crippen LogP contribution in [0.1, 0.15) is 47.2 Å². The Morgan fingerprint density at radius 3 is 2.12 bits per heavy atom. The van der Waals surface area contributed by atoms with E-state index in [-0.39, 0.29) is 19.1 Å². The molecule has 0 saturated heterocycles. The van der Waals surface area contributed by atoms with Gasteiger partial charge in [0.15, 0.2) is 0 Å². The second-order valence-electron chi connectivity index (χ2n) is 9.45. The van der Waals surface area contributed by atoms with Crippen LogP contribution in [0.2, 0.25) is 0 Å². The lowest BCUT2D eigenvalue weighted by atomic mass is 9.98. The second-order valence-corrected chi connectivity index (χ2v) is 9.45. The number of fused-ring (bicyclic) bond motifs is 3. The molecule has 0 aromatic heterocycles. The number of benzene rings is 3. The maximum atomic E-state index is 12.9. The van der Waals surface area contributed by atoms with Crippen LogP contribution in [0.4, 0.5) is 4.39 Å². The number of carbonyl (C=O) groups excluding carboxylic acids is 3. The van der Waals surface area contributed by atoms with Crippen LogP contribution in [0.5, 0.6) is 17.2 Å². The Bertz CT molecular complexity index is 1480. The number of hydrogen-bond acceptors (Lipinski definition) is 8. The molecular weight excluding hydrogens is 543 g/mol. The summed E-state index contributed by atoms with van der Waals surface area (Å²) in [6, 6.07) is 18.0. The molecule has 1 atom stereocenters. The molecule has 1 aliphatic carbocycles. The Labute approximate surface area is 243 Å². The van der Waals surface area contributed by atoms with E-state index in [1.807, 2.05) is 37.3 Å². The monoisotopic (exact) mass is 574 g/mol. The van der Waals surface area contributed by atoms with Gasteiger partial charge in [-0.25, -0.2) is 14.4 Å². The first-order valence-electron chi connectivity index (χ1n) is 13.4. The minimum atomic E-state index is -1.15. The lowest BCUT2D eigenvalue weighted by Crippen LogP contribution is -2.12. The molecule has 3 aromatic rings. The van der Waals surface area contributed by atoms with Crippen molar-refractivity contribution >= 4 is 17.9 Å². The molecule has 0 N–H and O–H groups in total. The predicted molar refractivity (Wildman–Crippen MR) is 153 cm³/mol. The predicted octanol–water partition coefficient (Wildman–Crippen LogP) is 6.33. The van der Waals surface area contributed by atoms with Crippen molar-refractivity contribution < 1.29 is 42.5 Å². The Kier molecular flexibility index (Phi) is 10.1.